The van der Waals surface area contributed by atoms with Crippen LogP contribution in [0, 0.1) is 33.5 Å². The summed E-state index contributed by atoms with van der Waals surface area (Å²) in [7, 11) is 0. The van der Waals surface area contributed by atoms with Crippen LogP contribution in [-0.4, -0.2) is 10.6 Å². The van der Waals surface area contributed by atoms with Crippen molar-refractivity contribution in [2.24, 2.45) is 10.8 Å². The van der Waals surface area contributed by atoms with E-state index in [1.54, 1.807) is 0 Å². The number of hydrogen-bond donors (Lipinski definition) is 0. The second-order valence-electron chi connectivity index (χ2n) is 17.0. The van der Waals surface area contributed by atoms with Crippen molar-refractivity contribution in [2.45, 2.75) is 66.3 Å². The van der Waals surface area contributed by atoms with Gasteiger partial charge >= 0.3 is 0 Å². The van der Waals surface area contributed by atoms with E-state index in [9.17, 15) is 10.5 Å². The summed E-state index contributed by atoms with van der Waals surface area (Å²) in [5.41, 5.74) is 12.5. The molecule has 2 atom stereocenters. The molecule has 52 heavy (non-hydrogen) atoms. The van der Waals surface area contributed by atoms with E-state index in [1.165, 1.54) is 33.2 Å². The van der Waals surface area contributed by atoms with Gasteiger partial charge in [0.15, 0.2) is 0 Å². The van der Waals surface area contributed by atoms with Gasteiger partial charge in [-0.2, -0.15) is 10.5 Å². The average Bonchev–Trinajstić information content (AvgIpc) is 3.62. The van der Waals surface area contributed by atoms with Crippen LogP contribution in [0.1, 0.15) is 76.1 Å². The van der Waals surface area contributed by atoms with Gasteiger partial charge in [-0.25, -0.2) is 0 Å². The van der Waals surface area contributed by atoms with Gasteiger partial charge in [0.25, 0.3) is 0 Å². The molecule has 2 unspecified atom stereocenters. The molecule has 0 spiro atoms. The molecular formula is C48H44N4. The number of benzene rings is 5. The number of rotatable bonds is 5. The minimum absolute atomic E-state index is 0.100. The van der Waals surface area contributed by atoms with E-state index in [0.29, 0.717) is 11.1 Å². The van der Waals surface area contributed by atoms with Gasteiger partial charge in [-0.1, -0.05) is 102 Å². The summed E-state index contributed by atoms with van der Waals surface area (Å²) in [5.74, 6) is 0.224. The summed E-state index contributed by atoms with van der Waals surface area (Å²) in [6.07, 6.45) is 9.07. The Bertz CT molecular complexity index is 2530. The third-order valence-electron chi connectivity index (χ3n) is 10.3. The third kappa shape index (κ3) is 6.10. The zero-order chi connectivity index (χ0) is 36.4. The molecular weight excluding hydrogens is 633 g/mol. The molecule has 0 saturated carbocycles. The Hall–Kier alpha value is -5.84. The predicted molar refractivity (Wildman–Crippen MR) is 215 cm³/mol. The number of fused-ring (bicyclic) bond motifs is 6. The highest BCUT2D eigenvalue weighted by atomic mass is 15.2. The number of hydrogen-bond acceptors (Lipinski definition) is 3. The van der Waals surface area contributed by atoms with Crippen LogP contribution in [0.15, 0.2) is 127 Å². The van der Waals surface area contributed by atoms with E-state index in [0.717, 1.165) is 46.4 Å². The van der Waals surface area contributed by atoms with E-state index >= 15 is 0 Å². The van der Waals surface area contributed by atoms with Crippen LogP contribution in [0.5, 0.6) is 0 Å². The summed E-state index contributed by atoms with van der Waals surface area (Å²) in [5, 5.41) is 23.1. The molecule has 5 aromatic carbocycles. The highest BCUT2D eigenvalue weighted by Crippen LogP contribution is 2.49. The van der Waals surface area contributed by atoms with Gasteiger partial charge in [0.2, 0.25) is 0 Å². The average molecular weight is 677 g/mol. The molecule has 0 bridgehead atoms. The molecule has 4 nitrogen and oxygen atoms in total. The van der Waals surface area contributed by atoms with Gasteiger partial charge in [-0.3, -0.25) is 0 Å². The second kappa shape index (κ2) is 12.4. The normalized spacial score (nSPS) is 16.8. The first kappa shape index (κ1) is 33.3. The lowest BCUT2D eigenvalue weighted by Crippen LogP contribution is -2.29. The van der Waals surface area contributed by atoms with Crippen LogP contribution in [0.4, 0.5) is 11.4 Å². The van der Waals surface area contributed by atoms with Crippen molar-refractivity contribution < 1.29 is 0 Å². The van der Waals surface area contributed by atoms with E-state index in [1.807, 2.05) is 24.3 Å². The van der Waals surface area contributed by atoms with Crippen molar-refractivity contribution in [1.29, 1.82) is 10.5 Å². The fourth-order valence-electron chi connectivity index (χ4n) is 8.41. The van der Waals surface area contributed by atoms with Crippen LogP contribution in [-0.2, 0) is 6.42 Å². The molecule has 0 saturated heterocycles. The lowest BCUT2D eigenvalue weighted by Gasteiger charge is -2.31. The molecule has 6 aromatic rings. The number of aromatic nitrogens is 1. The Morgan fingerprint density at radius 2 is 1.27 bits per heavy atom. The van der Waals surface area contributed by atoms with Crippen molar-refractivity contribution >= 4 is 33.2 Å². The molecule has 1 aliphatic carbocycles. The minimum Gasteiger partial charge on any atom is -0.333 e. The summed E-state index contributed by atoms with van der Waals surface area (Å²) in [4.78, 5) is 2.41. The molecule has 0 N–H and O–H groups in total. The van der Waals surface area contributed by atoms with E-state index < -0.39 is 0 Å². The molecule has 2 aliphatic rings. The SMILES string of the molecule is CC(C)(C)CC1=CC2C(C=C1)c1ccccc1N2c1cc(C#N)cc(-c2cc(C#N)cc(-n3c4ccccc4c4cc(CC(C)(C)C)ccc43)c2)c1. The van der Waals surface area contributed by atoms with Gasteiger partial charge in [0.1, 0.15) is 0 Å². The summed E-state index contributed by atoms with van der Waals surface area (Å²) < 4.78 is 2.28. The molecule has 1 aliphatic heterocycles. The highest BCUT2D eigenvalue weighted by Gasteiger charge is 2.38. The van der Waals surface area contributed by atoms with Gasteiger partial charge in [0.05, 0.1) is 40.3 Å². The highest BCUT2D eigenvalue weighted by molar-refractivity contribution is 6.09. The van der Waals surface area contributed by atoms with Crippen LogP contribution in [0.25, 0.3) is 38.6 Å². The molecule has 0 fully saturated rings. The van der Waals surface area contributed by atoms with E-state index in [-0.39, 0.29) is 22.8 Å². The molecule has 0 radical (unpaired) electrons. The zero-order valence-corrected chi connectivity index (χ0v) is 30.9. The topological polar surface area (TPSA) is 55.8 Å². The van der Waals surface area contributed by atoms with E-state index in [2.05, 4.69) is 160 Å². The van der Waals surface area contributed by atoms with Gasteiger partial charge < -0.3 is 9.47 Å². The number of para-hydroxylation sites is 2. The largest absolute Gasteiger partial charge is 0.333 e. The fourth-order valence-corrected chi connectivity index (χ4v) is 8.41. The first-order valence-electron chi connectivity index (χ1n) is 18.3. The van der Waals surface area contributed by atoms with Crippen LogP contribution in [0.2, 0.25) is 0 Å². The maximum absolute atomic E-state index is 10.4. The Kier molecular flexibility index (Phi) is 7.97. The van der Waals surface area contributed by atoms with Crippen molar-refractivity contribution in [3.8, 4) is 29.0 Å². The Labute approximate surface area is 307 Å². The first-order chi connectivity index (χ1) is 24.9. The summed E-state index contributed by atoms with van der Waals surface area (Å²) in [6.45, 7) is 13.7. The van der Waals surface area contributed by atoms with Crippen LogP contribution in [0.3, 0.4) is 0 Å². The first-order valence-corrected chi connectivity index (χ1v) is 18.3. The molecule has 8 rings (SSSR count). The molecule has 256 valence electrons. The Morgan fingerprint density at radius 1 is 0.635 bits per heavy atom. The standard InChI is InChI=1S/C48H44N4/c1-47(2,3)27-31-16-18-45-42(23-31)40-12-8-10-14-44(40)51(45)37-21-33(29-49)19-35(25-37)36-20-34(30-50)22-38(26-36)52-43-13-9-7-11-39(43)41-17-15-32(24-46(41)52)28-48(4,5)6/h7-26,41,46H,27-28H2,1-6H3. The number of nitriles is 2. The minimum atomic E-state index is 0.100. The maximum atomic E-state index is 10.4. The van der Waals surface area contributed by atoms with Crippen molar-refractivity contribution in [1.82, 2.24) is 4.57 Å². The fraction of sp³-hybridized carbons (Fsp3) is 0.250. The number of nitrogens with zero attached hydrogens (tertiary/aromatic N) is 4. The quantitative estimate of drug-likeness (QED) is 0.183. The van der Waals surface area contributed by atoms with Gasteiger partial charge in [0, 0.05) is 33.8 Å². The molecule has 2 heterocycles. The van der Waals surface area contributed by atoms with Gasteiger partial charge in [-0.15, -0.1) is 0 Å². The molecule has 1 aromatic heterocycles. The lowest BCUT2D eigenvalue weighted by atomic mass is 9.82. The smallest absolute Gasteiger partial charge is 0.0992 e. The lowest BCUT2D eigenvalue weighted by molar-refractivity contribution is 0.411. The van der Waals surface area contributed by atoms with Crippen molar-refractivity contribution in [3.63, 3.8) is 0 Å². The van der Waals surface area contributed by atoms with Gasteiger partial charge in [-0.05, 0) is 112 Å². The van der Waals surface area contributed by atoms with E-state index in [4.69, 9.17) is 0 Å². The zero-order valence-electron chi connectivity index (χ0n) is 30.9. The predicted octanol–water partition coefficient (Wildman–Crippen LogP) is 12.3. The van der Waals surface area contributed by atoms with Crippen molar-refractivity contribution in [3.05, 3.63) is 149 Å². The maximum Gasteiger partial charge on any atom is 0.0992 e. The van der Waals surface area contributed by atoms with Crippen LogP contribution < -0.4 is 4.90 Å². The third-order valence-corrected chi connectivity index (χ3v) is 10.3. The van der Waals surface area contributed by atoms with Crippen molar-refractivity contribution in [2.75, 3.05) is 4.90 Å². The number of allylic oxidation sites excluding steroid dienone is 2. The van der Waals surface area contributed by atoms with Crippen LogP contribution >= 0.6 is 0 Å². The summed E-state index contributed by atoms with van der Waals surface area (Å²) in [6, 6.07) is 41.2. The number of anilines is 2. The Balaban J connectivity index is 1.28. The molecule has 0 amide bonds. The monoisotopic (exact) mass is 676 g/mol. The second-order valence-corrected chi connectivity index (χ2v) is 17.0. The Morgan fingerprint density at radius 3 is 1.98 bits per heavy atom. The molecule has 4 heteroatoms. The summed E-state index contributed by atoms with van der Waals surface area (Å²) >= 11 is 0.